The zero-order chi connectivity index (χ0) is 18.7. The maximum Gasteiger partial charge on any atom is 0.229 e. The zero-order valence-electron chi connectivity index (χ0n) is 14.2. The van der Waals surface area contributed by atoms with Crippen molar-refractivity contribution < 1.29 is 34.6 Å². The Labute approximate surface area is 151 Å². The van der Waals surface area contributed by atoms with E-state index in [1.165, 1.54) is 0 Å². The third-order valence-corrected chi connectivity index (χ3v) is 4.37. The summed E-state index contributed by atoms with van der Waals surface area (Å²) >= 11 is 0. The molecular weight excluding hydrogens is 340 g/mol. The second-order valence-corrected chi connectivity index (χ2v) is 6.04. The maximum atomic E-state index is 10.0. The van der Waals surface area contributed by atoms with Gasteiger partial charge >= 0.3 is 0 Å². The molecule has 0 aliphatic carbocycles. The summed E-state index contributed by atoms with van der Waals surface area (Å²) in [6.07, 6.45) is -6.54. The predicted molar refractivity (Wildman–Crippen MR) is 92.8 cm³/mol. The van der Waals surface area contributed by atoms with E-state index in [1.807, 2.05) is 36.4 Å². The van der Waals surface area contributed by atoms with Crippen LogP contribution in [0, 0.1) is 0 Å². The van der Waals surface area contributed by atoms with Gasteiger partial charge in [0.05, 0.1) is 13.7 Å². The molecule has 0 radical (unpaired) electrons. The average molecular weight is 362 g/mol. The lowest BCUT2D eigenvalue weighted by Crippen LogP contribution is -2.60. The van der Waals surface area contributed by atoms with Crippen LogP contribution in [0.25, 0.3) is 11.1 Å². The van der Waals surface area contributed by atoms with Crippen molar-refractivity contribution in [1.29, 1.82) is 0 Å². The van der Waals surface area contributed by atoms with Gasteiger partial charge in [0, 0.05) is 5.56 Å². The Kier molecular flexibility index (Phi) is 5.75. The van der Waals surface area contributed by atoms with Crippen LogP contribution >= 0.6 is 0 Å². The van der Waals surface area contributed by atoms with Crippen LogP contribution in [-0.4, -0.2) is 64.8 Å². The highest BCUT2D eigenvalue weighted by atomic mass is 16.7. The molecule has 1 heterocycles. The molecule has 7 nitrogen and oxygen atoms in total. The Morgan fingerprint density at radius 3 is 2.27 bits per heavy atom. The van der Waals surface area contributed by atoms with E-state index in [0.717, 1.165) is 16.9 Å². The third kappa shape index (κ3) is 3.67. The molecule has 140 valence electrons. The number of aliphatic hydroxyl groups excluding tert-OH is 4. The lowest BCUT2D eigenvalue weighted by atomic mass is 9.99. The minimum atomic E-state index is -1.47. The van der Waals surface area contributed by atoms with Gasteiger partial charge < -0.3 is 34.6 Å². The summed E-state index contributed by atoms with van der Waals surface area (Å²) < 4.78 is 16.3. The van der Waals surface area contributed by atoms with Gasteiger partial charge in [0.2, 0.25) is 6.29 Å². The predicted octanol–water partition coefficient (Wildman–Crippen LogP) is 0.541. The van der Waals surface area contributed by atoms with Crippen LogP contribution in [0.4, 0.5) is 0 Å². The Balaban J connectivity index is 1.75. The summed E-state index contributed by atoms with van der Waals surface area (Å²) in [5.74, 6) is 1.16. The van der Waals surface area contributed by atoms with Crippen molar-refractivity contribution in [2.45, 2.75) is 30.7 Å². The first-order valence-electron chi connectivity index (χ1n) is 8.25. The number of hydrogen-bond donors (Lipinski definition) is 4. The maximum absolute atomic E-state index is 10.0. The topological polar surface area (TPSA) is 109 Å². The van der Waals surface area contributed by atoms with Gasteiger partial charge in [-0.25, -0.2) is 0 Å². The molecule has 0 amide bonds. The van der Waals surface area contributed by atoms with E-state index in [1.54, 1.807) is 19.2 Å². The van der Waals surface area contributed by atoms with Gasteiger partial charge in [-0.1, -0.05) is 30.3 Å². The molecule has 0 unspecified atom stereocenters. The van der Waals surface area contributed by atoms with Crippen molar-refractivity contribution in [2.75, 3.05) is 13.7 Å². The van der Waals surface area contributed by atoms with E-state index in [0.29, 0.717) is 5.75 Å². The van der Waals surface area contributed by atoms with Crippen molar-refractivity contribution in [2.24, 2.45) is 0 Å². The Hall–Kier alpha value is -2.16. The third-order valence-electron chi connectivity index (χ3n) is 4.37. The van der Waals surface area contributed by atoms with Crippen LogP contribution in [0.2, 0.25) is 0 Å². The molecule has 0 saturated carbocycles. The van der Waals surface area contributed by atoms with E-state index < -0.39 is 37.3 Å². The second-order valence-electron chi connectivity index (χ2n) is 6.04. The van der Waals surface area contributed by atoms with Crippen molar-refractivity contribution in [3.05, 3.63) is 48.5 Å². The van der Waals surface area contributed by atoms with Crippen LogP contribution < -0.4 is 9.47 Å². The van der Waals surface area contributed by atoms with E-state index >= 15 is 0 Å². The molecule has 0 spiro atoms. The number of aliphatic hydroxyl groups is 4. The molecule has 1 fully saturated rings. The van der Waals surface area contributed by atoms with Gasteiger partial charge in [0.1, 0.15) is 35.9 Å². The van der Waals surface area contributed by atoms with Crippen molar-refractivity contribution in [3.63, 3.8) is 0 Å². The second kappa shape index (κ2) is 8.03. The summed E-state index contributed by atoms with van der Waals surface area (Å²) in [6.45, 7) is -0.502. The standard InChI is InChI=1S/C19H22O7/c1-24-14-5-3-2-4-13(14)11-6-8-12(9-7-11)25-19-18(23)17(22)16(21)15(10-20)26-19/h2-9,15-23H,10H2,1H3/t15-,16-,17+,18+,19+/m1/s1. The SMILES string of the molecule is COc1ccccc1-c1ccc(O[C@H]2O[C@H](CO)[C@@H](O)[C@H](O)[C@@H]2O)cc1. The van der Waals surface area contributed by atoms with Gasteiger partial charge in [0.15, 0.2) is 0 Å². The fourth-order valence-corrected chi connectivity index (χ4v) is 2.90. The van der Waals surface area contributed by atoms with E-state index in [2.05, 4.69) is 0 Å². The summed E-state index contributed by atoms with van der Waals surface area (Å²) in [5.41, 5.74) is 1.85. The highest BCUT2D eigenvalue weighted by Gasteiger charge is 2.44. The number of ether oxygens (including phenoxy) is 3. The van der Waals surface area contributed by atoms with Crippen molar-refractivity contribution in [1.82, 2.24) is 0 Å². The largest absolute Gasteiger partial charge is 0.496 e. The number of para-hydroxylation sites is 1. The molecular formula is C19H22O7. The summed E-state index contributed by atoms with van der Waals surface area (Å²) in [4.78, 5) is 0. The molecule has 3 rings (SSSR count). The van der Waals surface area contributed by atoms with E-state index in [4.69, 9.17) is 14.2 Å². The molecule has 1 saturated heterocycles. The summed E-state index contributed by atoms with van der Waals surface area (Å²) in [7, 11) is 1.61. The van der Waals surface area contributed by atoms with Crippen molar-refractivity contribution >= 4 is 0 Å². The molecule has 2 aromatic rings. The first kappa shape index (κ1) is 18.6. The molecule has 2 aromatic carbocycles. The Bertz CT molecular complexity index is 716. The van der Waals surface area contributed by atoms with E-state index in [9.17, 15) is 20.4 Å². The highest BCUT2D eigenvalue weighted by molar-refractivity contribution is 5.70. The minimum Gasteiger partial charge on any atom is -0.496 e. The molecule has 5 atom stereocenters. The zero-order valence-corrected chi connectivity index (χ0v) is 14.2. The molecule has 0 bridgehead atoms. The van der Waals surface area contributed by atoms with Gasteiger partial charge in [-0.15, -0.1) is 0 Å². The Morgan fingerprint density at radius 1 is 0.923 bits per heavy atom. The van der Waals surface area contributed by atoms with Crippen LogP contribution in [0.15, 0.2) is 48.5 Å². The van der Waals surface area contributed by atoms with E-state index in [-0.39, 0.29) is 0 Å². The molecule has 1 aliphatic rings. The summed E-state index contributed by atoms with van der Waals surface area (Å²) in [6, 6.07) is 14.7. The van der Waals surface area contributed by atoms with Gasteiger partial charge in [-0.3, -0.25) is 0 Å². The lowest BCUT2D eigenvalue weighted by Gasteiger charge is -2.39. The van der Waals surface area contributed by atoms with Crippen molar-refractivity contribution in [3.8, 4) is 22.6 Å². The van der Waals surface area contributed by atoms with Crippen LogP contribution in [0.3, 0.4) is 0 Å². The Morgan fingerprint density at radius 2 is 1.62 bits per heavy atom. The number of hydrogen-bond acceptors (Lipinski definition) is 7. The monoisotopic (exact) mass is 362 g/mol. The van der Waals surface area contributed by atoms with Crippen LogP contribution in [0.1, 0.15) is 0 Å². The van der Waals surface area contributed by atoms with Gasteiger partial charge in [-0.05, 0) is 23.8 Å². The van der Waals surface area contributed by atoms with Crippen LogP contribution in [-0.2, 0) is 4.74 Å². The first-order valence-corrected chi connectivity index (χ1v) is 8.25. The number of benzene rings is 2. The molecule has 0 aromatic heterocycles. The number of rotatable bonds is 5. The van der Waals surface area contributed by atoms with Crippen LogP contribution in [0.5, 0.6) is 11.5 Å². The lowest BCUT2D eigenvalue weighted by molar-refractivity contribution is -0.277. The minimum absolute atomic E-state index is 0.410. The molecule has 4 N–H and O–H groups in total. The normalized spacial score (nSPS) is 28.6. The first-order chi connectivity index (χ1) is 12.5. The fourth-order valence-electron chi connectivity index (χ4n) is 2.90. The highest BCUT2D eigenvalue weighted by Crippen LogP contribution is 2.31. The fraction of sp³-hybridized carbons (Fsp3) is 0.368. The molecule has 1 aliphatic heterocycles. The van der Waals surface area contributed by atoms with Gasteiger partial charge in [0.25, 0.3) is 0 Å². The number of methoxy groups -OCH3 is 1. The smallest absolute Gasteiger partial charge is 0.229 e. The molecule has 26 heavy (non-hydrogen) atoms. The summed E-state index contributed by atoms with van der Waals surface area (Å²) in [5, 5.41) is 38.8. The van der Waals surface area contributed by atoms with Gasteiger partial charge in [-0.2, -0.15) is 0 Å². The molecule has 7 heteroatoms. The average Bonchev–Trinajstić information content (AvgIpc) is 2.69. The quantitative estimate of drug-likeness (QED) is 0.615.